The maximum absolute atomic E-state index is 14.0. The molecule has 0 radical (unpaired) electrons. The van der Waals surface area contributed by atoms with E-state index < -0.39 is 45.5 Å². The second-order valence-electron chi connectivity index (χ2n) is 5.49. The van der Waals surface area contributed by atoms with E-state index in [2.05, 4.69) is 5.32 Å². The van der Waals surface area contributed by atoms with E-state index >= 15 is 0 Å². The lowest BCUT2D eigenvalue weighted by Gasteiger charge is -2.28. The van der Waals surface area contributed by atoms with Crippen molar-refractivity contribution in [2.75, 3.05) is 6.54 Å². The van der Waals surface area contributed by atoms with Gasteiger partial charge in [0.15, 0.2) is 0 Å². The Bertz CT molecular complexity index is 673. The zero-order valence-corrected chi connectivity index (χ0v) is 14.5. The number of alkyl halides is 2. The van der Waals surface area contributed by atoms with Crippen LogP contribution >= 0.6 is 24.0 Å². The number of primary sulfonamides is 1. The Morgan fingerprint density at radius 2 is 2.09 bits per heavy atom. The van der Waals surface area contributed by atoms with E-state index in [1.54, 1.807) is 0 Å². The smallest absolute Gasteiger partial charge is 0.265 e. The number of halogens is 5. The summed E-state index contributed by atoms with van der Waals surface area (Å²) >= 11 is 5.67. The first kappa shape index (κ1) is 20.5. The van der Waals surface area contributed by atoms with Crippen molar-refractivity contribution in [1.29, 1.82) is 0 Å². The Morgan fingerprint density at radius 3 is 2.65 bits per heavy atom. The van der Waals surface area contributed by atoms with E-state index in [0.717, 1.165) is 6.92 Å². The minimum absolute atomic E-state index is 0. The number of benzene rings is 1. The van der Waals surface area contributed by atoms with Crippen molar-refractivity contribution in [3.05, 3.63) is 34.6 Å². The second-order valence-corrected chi connectivity index (χ2v) is 7.81. The van der Waals surface area contributed by atoms with Crippen molar-refractivity contribution in [2.24, 2.45) is 11.1 Å². The standard InChI is InChI=1S/C13H16ClF3N2O2S.ClH/c1-7(22(18,20)21)11-10(19-6-13(11,16)17)5-8-3-2-4-9(14)12(8)15;/h2-4,7,10-11,19H,5-6H2,1H3,(H2,18,20,21);1H/t7?,10-,11+;/m0./s1. The van der Waals surface area contributed by atoms with Gasteiger partial charge in [-0.15, -0.1) is 12.4 Å². The Labute approximate surface area is 144 Å². The predicted octanol–water partition coefficient (Wildman–Crippen LogP) is 2.34. The van der Waals surface area contributed by atoms with Crippen LogP contribution in [0, 0.1) is 11.7 Å². The van der Waals surface area contributed by atoms with Crippen LogP contribution in [0.5, 0.6) is 0 Å². The van der Waals surface area contributed by atoms with E-state index in [1.807, 2.05) is 0 Å². The summed E-state index contributed by atoms with van der Waals surface area (Å²) in [7, 11) is -4.14. The fourth-order valence-electron chi connectivity index (χ4n) is 2.82. The first-order valence-electron chi connectivity index (χ1n) is 6.59. The zero-order chi connectivity index (χ0) is 16.7. The van der Waals surface area contributed by atoms with Gasteiger partial charge in [0.1, 0.15) is 5.82 Å². The van der Waals surface area contributed by atoms with Gasteiger partial charge in [0.2, 0.25) is 10.0 Å². The van der Waals surface area contributed by atoms with Crippen molar-refractivity contribution < 1.29 is 21.6 Å². The molecule has 2 rings (SSSR count). The van der Waals surface area contributed by atoms with Crippen LogP contribution in [0.15, 0.2) is 18.2 Å². The molecule has 1 aromatic rings. The molecule has 1 saturated heterocycles. The van der Waals surface area contributed by atoms with Crippen molar-refractivity contribution in [3.63, 3.8) is 0 Å². The van der Waals surface area contributed by atoms with Gasteiger partial charge in [-0.3, -0.25) is 0 Å². The van der Waals surface area contributed by atoms with Crippen LogP contribution in [0.3, 0.4) is 0 Å². The molecule has 1 fully saturated rings. The highest BCUT2D eigenvalue weighted by atomic mass is 35.5. The first-order chi connectivity index (χ1) is 10.0. The number of hydrogen-bond acceptors (Lipinski definition) is 3. The number of nitrogens with one attached hydrogen (secondary N) is 1. The summed E-state index contributed by atoms with van der Waals surface area (Å²) in [4.78, 5) is 0. The van der Waals surface area contributed by atoms with Crippen LogP contribution in [0.2, 0.25) is 5.02 Å². The Kier molecular flexibility index (Phi) is 6.37. The molecule has 3 atom stereocenters. The molecule has 0 bridgehead atoms. The van der Waals surface area contributed by atoms with Crippen LogP contribution < -0.4 is 10.5 Å². The molecule has 4 nitrogen and oxygen atoms in total. The van der Waals surface area contributed by atoms with Gasteiger partial charge in [-0.2, -0.15) is 0 Å². The zero-order valence-electron chi connectivity index (χ0n) is 12.1. The lowest BCUT2D eigenvalue weighted by molar-refractivity contribution is -0.0276. The van der Waals surface area contributed by atoms with E-state index in [1.165, 1.54) is 18.2 Å². The molecular weight excluding hydrogens is 376 g/mol. The van der Waals surface area contributed by atoms with E-state index in [4.69, 9.17) is 16.7 Å². The van der Waals surface area contributed by atoms with Crippen molar-refractivity contribution >= 4 is 34.0 Å². The highest BCUT2D eigenvalue weighted by molar-refractivity contribution is 7.89. The molecular formula is C13H17Cl2F3N2O2S. The van der Waals surface area contributed by atoms with Gasteiger partial charge < -0.3 is 5.32 Å². The Morgan fingerprint density at radius 1 is 1.48 bits per heavy atom. The molecule has 1 unspecified atom stereocenters. The Hall–Kier alpha value is -0.540. The normalized spacial score (nSPS) is 25.0. The molecule has 0 spiro atoms. The van der Waals surface area contributed by atoms with E-state index in [9.17, 15) is 21.6 Å². The maximum Gasteiger partial charge on any atom is 0.265 e. The lowest BCUT2D eigenvalue weighted by Crippen LogP contribution is -2.46. The molecule has 0 amide bonds. The molecule has 132 valence electrons. The summed E-state index contributed by atoms with van der Waals surface area (Å²) in [6, 6.07) is 3.36. The van der Waals surface area contributed by atoms with Gasteiger partial charge >= 0.3 is 0 Å². The van der Waals surface area contributed by atoms with Gasteiger partial charge in [0, 0.05) is 6.04 Å². The SMILES string of the molecule is CC([C@@H]1[C@H](Cc2cccc(Cl)c2F)NCC1(F)F)S(N)(=O)=O.Cl. The summed E-state index contributed by atoms with van der Waals surface area (Å²) in [5.74, 6) is -5.48. The third kappa shape index (κ3) is 4.30. The number of hydrogen-bond donors (Lipinski definition) is 2. The first-order valence-corrected chi connectivity index (χ1v) is 8.58. The van der Waals surface area contributed by atoms with Crippen molar-refractivity contribution in [3.8, 4) is 0 Å². The quantitative estimate of drug-likeness (QED) is 0.825. The second kappa shape index (κ2) is 7.14. The fourth-order valence-corrected chi connectivity index (χ4v) is 3.81. The highest BCUT2D eigenvalue weighted by Gasteiger charge is 2.54. The highest BCUT2D eigenvalue weighted by Crippen LogP contribution is 2.38. The molecule has 0 saturated carbocycles. The minimum atomic E-state index is -4.14. The summed E-state index contributed by atoms with van der Waals surface area (Å²) in [6.45, 7) is 0.465. The molecule has 1 aliphatic heterocycles. The third-order valence-electron chi connectivity index (χ3n) is 4.02. The molecule has 1 aliphatic rings. The van der Waals surface area contributed by atoms with Gasteiger partial charge in [0.05, 0.1) is 22.7 Å². The average Bonchev–Trinajstić information content (AvgIpc) is 2.68. The molecule has 1 aromatic carbocycles. The molecule has 0 aliphatic carbocycles. The van der Waals surface area contributed by atoms with Crippen LogP contribution in [-0.2, 0) is 16.4 Å². The molecule has 10 heteroatoms. The Balaban J connectivity index is 0.00000264. The minimum Gasteiger partial charge on any atom is -0.307 e. The van der Waals surface area contributed by atoms with Gasteiger partial charge in [-0.1, -0.05) is 23.7 Å². The van der Waals surface area contributed by atoms with Crippen molar-refractivity contribution in [2.45, 2.75) is 30.6 Å². The molecule has 1 heterocycles. The number of sulfonamides is 1. The van der Waals surface area contributed by atoms with Crippen molar-refractivity contribution in [1.82, 2.24) is 5.32 Å². The summed E-state index contributed by atoms with van der Waals surface area (Å²) in [5, 5.41) is 6.00. The molecule has 23 heavy (non-hydrogen) atoms. The maximum atomic E-state index is 14.0. The average molecular weight is 393 g/mol. The van der Waals surface area contributed by atoms with Gasteiger partial charge in [0.25, 0.3) is 5.92 Å². The van der Waals surface area contributed by atoms with Crippen LogP contribution in [-0.4, -0.2) is 32.2 Å². The summed E-state index contributed by atoms with van der Waals surface area (Å²) in [5.41, 5.74) is 0.148. The molecule has 0 aromatic heterocycles. The summed E-state index contributed by atoms with van der Waals surface area (Å²) in [6.07, 6.45) is -0.105. The number of nitrogens with two attached hydrogens (primary N) is 1. The van der Waals surface area contributed by atoms with E-state index in [0.29, 0.717) is 0 Å². The van der Waals surface area contributed by atoms with Gasteiger partial charge in [-0.25, -0.2) is 26.7 Å². The van der Waals surface area contributed by atoms with Crippen LogP contribution in [0.4, 0.5) is 13.2 Å². The number of rotatable bonds is 4. The van der Waals surface area contributed by atoms with E-state index in [-0.39, 0.29) is 29.4 Å². The molecule has 3 N–H and O–H groups in total. The third-order valence-corrected chi connectivity index (χ3v) is 5.64. The summed E-state index contributed by atoms with van der Waals surface area (Å²) < 4.78 is 64.9. The predicted molar refractivity (Wildman–Crippen MR) is 85.2 cm³/mol. The topological polar surface area (TPSA) is 72.2 Å². The lowest BCUT2D eigenvalue weighted by atomic mass is 9.90. The van der Waals surface area contributed by atoms with Crippen LogP contribution in [0.1, 0.15) is 12.5 Å². The largest absolute Gasteiger partial charge is 0.307 e. The fraction of sp³-hybridized carbons (Fsp3) is 0.538. The van der Waals surface area contributed by atoms with Crippen LogP contribution in [0.25, 0.3) is 0 Å². The van der Waals surface area contributed by atoms with Gasteiger partial charge in [-0.05, 0) is 25.0 Å². The monoisotopic (exact) mass is 392 g/mol.